The van der Waals surface area contributed by atoms with E-state index in [0.717, 1.165) is 52.2 Å². The quantitative estimate of drug-likeness (QED) is 0.366. The summed E-state index contributed by atoms with van der Waals surface area (Å²) in [7, 11) is 0. The molecule has 11 heteroatoms. The van der Waals surface area contributed by atoms with Crippen LogP contribution in [0.25, 0.3) is 10.8 Å². The molecule has 0 radical (unpaired) electrons. The number of hydrogen-bond acceptors (Lipinski definition) is 7. The highest BCUT2D eigenvalue weighted by Gasteiger charge is 2.62. The van der Waals surface area contributed by atoms with Gasteiger partial charge in [-0.3, -0.25) is 9.69 Å². The van der Waals surface area contributed by atoms with Crippen molar-refractivity contribution in [2.75, 3.05) is 50.8 Å². The van der Waals surface area contributed by atoms with Gasteiger partial charge in [-0.15, -0.1) is 0 Å². The minimum absolute atomic E-state index is 0.0628. The zero-order valence-corrected chi connectivity index (χ0v) is 20.6. The fraction of sp³-hybridized carbons (Fsp3) is 0.480. The van der Waals surface area contributed by atoms with Crippen LogP contribution < -0.4 is 10.2 Å². The number of amides is 3. The van der Waals surface area contributed by atoms with Gasteiger partial charge in [-0.2, -0.15) is 5.26 Å². The van der Waals surface area contributed by atoms with Crippen LogP contribution in [0.1, 0.15) is 18.5 Å². The van der Waals surface area contributed by atoms with Crippen LogP contribution in [0.4, 0.5) is 10.5 Å². The monoisotopic (exact) mass is 505 g/mol. The van der Waals surface area contributed by atoms with Crippen molar-refractivity contribution in [3.63, 3.8) is 0 Å². The Kier molecular flexibility index (Phi) is 5.95. The minimum atomic E-state index is -0.571. The Labute approximate surface area is 214 Å². The van der Waals surface area contributed by atoms with Crippen molar-refractivity contribution in [2.24, 2.45) is 0 Å². The van der Waals surface area contributed by atoms with Crippen LogP contribution in [-0.4, -0.2) is 101 Å². The number of urea groups is 1. The number of likely N-dealkylation sites (tertiary alicyclic amines) is 1. The second-order valence-corrected chi connectivity index (χ2v) is 9.99. The number of carbonyl (C=O) groups excluding carboxylic acids is 2. The summed E-state index contributed by atoms with van der Waals surface area (Å²) in [5, 5.41) is 14.7. The molecule has 5 heterocycles. The molecular weight excluding hydrogens is 478 g/mol. The Balaban J connectivity index is 1.16. The maximum Gasteiger partial charge on any atom is 0.332 e. The van der Waals surface area contributed by atoms with Gasteiger partial charge in [0.25, 0.3) is 5.91 Å². The Bertz CT molecular complexity index is 1270. The minimum Gasteiger partial charge on any atom is -0.379 e. The van der Waals surface area contributed by atoms with Crippen LogP contribution in [0.3, 0.4) is 0 Å². The van der Waals surface area contributed by atoms with E-state index in [4.69, 9.17) is 17.0 Å². The lowest BCUT2D eigenvalue weighted by Crippen LogP contribution is -2.57. The third-order valence-electron chi connectivity index (χ3n) is 7.68. The fourth-order valence-corrected chi connectivity index (χ4v) is 6.29. The number of nitrogens with one attached hydrogen (secondary N) is 1. The van der Waals surface area contributed by atoms with Crippen molar-refractivity contribution in [2.45, 2.75) is 31.0 Å². The van der Waals surface area contributed by atoms with Crippen LogP contribution in [0.15, 0.2) is 30.5 Å². The lowest BCUT2D eigenvalue weighted by Gasteiger charge is -2.36. The number of anilines is 1. The van der Waals surface area contributed by atoms with Gasteiger partial charge in [0, 0.05) is 37.0 Å². The zero-order chi connectivity index (χ0) is 24.8. The number of aromatic nitrogens is 1. The average Bonchev–Trinajstić information content (AvgIpc) is 3.58. The number of thiocarbonyl (C=S) groups is 1. The molecule has 2 aromatic rings. The van der Waals surface area contributed by atoms with E-state index >= 15 is 0 Å². The van der Waals surface area contributed by atoms with Gasteiger partial charge in [0.1, 0.15) is 17.8 Å². The summed E-state index contributed by atoms with van der Waals surface area (Å²) in [6.45, 7) is 5.90. The molecule has 1 aromatic carbocycles. The smallest absolute Gasteiger partial charge is 0.332 e. The number of hydrogen-bond donors (Lipinski definition) is 1. The first-order chi connectivity index (χ1) is 17.6. The molecule has 3 amide bonds. The Hall–Kier alpha value is -3.33. The number of carbonyl (C=O) groups is 2. The molecular formula is C25H27N7O3S. The molecule has 1 aromatic heterocycles. The van der Waals surface area contributed by atoms with E-state index in [0.29, 0.717) is 28.1 Å². The van der Waals surface area contributed by atoms with Gasteiger partial charge < -0.3 is 19.9 Å². The predicted octanol–water partition coefficient (Wildman–Crippen LogP) is 1.30. The van der Waals surface area contributed by atoms with Crippen LogP contribution in [0.5, 0.6) is 0 Å². The molecule has 4 fully saturated rings. The number of morpholine rings is 1. The number of nitrogens with zero attached hydrogens (tertiary/aromatic N) is 6. The van der Waals surface area contributed by atoms with Gasteiger partial charge in [0.05, 0.1) is 37.2 Å². The van der Waals surface area contributed by atoms with E-state index in [2.05, 4.69) is 26.2 Å². The highest BCUT2D eigenvalue weighted by molar-refractivity contribution is 7.80. The molecule has 0 aliphatic carbocycles. The summed E-state index contributed by atoms with van der Waals surface area (Å²) in [5.74, 6) is -0.260. The third-order valence-corrected chi connectivity index (χ3v) is 8.06. The lowest BCUT2D eigenvalue weighted by molar-refractivity contribution is -0.120. The summed E-state index contributed by atoms with van der Waals surface area (Å²) >= 11 is 5.70. The highest BCUT2D eigenvalue weighted by atomic mass is 32.1. The van der Waals surface area contributed by atoms with Crippen molar-refractivity contribution in [1.82, 2.24) is 25.0 Å². The third kappa shape index (κ3) is 3.68. The van der Waals surface area contributed by atoms with E-state index in [1.54, 1.807) is 11.0 Å². The van der Waals surface area contributed by atoms with E-state index in [1.807, 2.05) is 18.2 Å². The van der Waals surface area contributed by atoms with E-state index in [1.165, 1.54) is 11.1 Å². The van der Waals surface area contributed by atoms with E-state index < -0.39 is 6.04 Å². The molecule has 6 rings (SSSR count). The summed E-state index contributed by atoms with van der Waals surface area (Å²) in [6.07, 6.45) is 3.17. The molecule has 2 unspecified atom stereocenters. The molecule has 186 valence electrons. The highest BCUT2D eigenvalue weighted by Crippen LogP contribution is 2.43. The maximum absolute atomic E-state index is 13.7. The molecule has 10 nitrogen and oxygen atoms in total. The number of nitriles is 1. The van der Waals surface area contributed by atoms with Gasteiger partial charge in [0.2, 0.25) is 0 Å². The van der Waals surface area contributed by atoms with Crippen LogP contribution in [-0.2, 0) is 9.53 Å². The van der Waals surface area contributed by atoms with Gasteiger partial charge in [-0.25, -0.2) is 14.7 Å². The topological polar surface area (TPSA) is 105 Å². The average molecular weight is 506 g/mol. The van der Waals surface area contributed by atoms with Crippen molar-refractivity contribution in [3.05, 3.63) is 36.2 Å². The van der Waals surface area contributed by atoms with Crippen molar-refractivity contribution >= 4 is 45.7 Å². The summed E-state index contributed by atoms with van der Waals surface area (Å²) in [5.41, 5.74) is 0.689. The number of imide groups is 1. The second kappa shape index (κ2) is 9.28. The Morgan fingerprint density at radius 3 is 2.78 bits per heavy atom. The first kappa shape index (κ1) is 23.1. The van der Waals surface area contributed by atoms with Crippen molar-refractivity contribution < 1.29 is 14.3 Å². The maximum atomic E-state index is 13.7. The van der Waals surface area contributed by atoms with Gasteiger partial charge >= 0.3 is 6.03 Å². The van der Waals surface area contributed by atoms with E-state index in [9.17, 15) is 14.9 Å². The molecule has 36 heavy (non-hydrogen) atoms. The molecule has 0 spiro atoms. The SMILES string of the molecule is N#Cc1ncc(N2C(=O)[C@@H]3C4CC(CN4C(=S)NCCCN4CCOCC4)N3C2=O)c2ccccc12. The number of ether oxygens (including phenoxy) is 1. The van der Waals surface area contributed by atoms with Gasteiger partial charge in [0.15, 0.2) is 5.11 Å². The molecule has 4 aliphatic heterocycles. The summed E-state index contributed by atoms with van der Waals surface area (Å²) in [4.78, 5) is 38.8. The first-order valence-electron chi connectivity index (χ1n) is 12.4. The standard InChI is InChI=1S/C25H27N7O3S/c26-13-19-17-4-1-2-5-18(17)21(14-28-19)32-23(33)22-20-12-16(31(22)25(32)34)15-30(20)24(36)27-6-3-7-29-8-10-35-11-9-29/h1-2,4-5,14,16,20,22H,3,6-12,15H2,(H,27,36)/t16?,20?,22-/m0/s1. The Morgan fingerprint density at radius 1 is 1.22 bits per heavy atom. The zero-order valence-electron chi connectivity index (χ0n) is 19.8. The molecule has 4 saturated heterocycles. The number of benzene rings is 1. The molecule has 1 N–H and O–H groups in total. The molecule has 4 aliphatic rings. The Morgan fingerprint density at radius 2 is 2.00 bits per heavy atom. The summed E-state index contributed by atoms with van der Waals surface area (Å²) < 4.78 is 5.40. The van der Waals surface area contributed by atoms with E-state index in [-0.39, 0.29) is 29.7 Å². The van der Waals surface area contributed by atoms with Crippen molar-refractivity contribution in [1.29, 1.82) is 5.26 Å². The molecule has 0 saturated carbocycles. The lowest BCUT2D eigenvalue weighted by atomic mass is 10.1. The second-order valence-electron chi connectivity index (χ2n) is 9.61. The van der Waals surface area contributed by atoms with Crippen LogP contribution >= 0.6 is 12.2 Å². The fourth-order valence-electron chi connectivity index (χ4n) is 5.98. The van der Waals surface area contributed by atoms with Gasteiger partial charge in [-0.05, 0) is 31.6 Å². The summed E-state index contributed by atoms with van der Waals surface area (Å²) in [6, 6.07) is 8.22. The van der Waals surface area contributed by atoms with Crippen molar-refractivity contribution in [3.8, 4) is 6.07 Å². The number of rotatable bonds is 5. The van der Waals surface area contributed by atoms with Crippen LogP contribution in [0.2, 0.25) is 0 Å². The first-order valence-corrected chi connectivity index (χ1v) is 12.8. The normalized spacial score (nSPS) is 25.5. The predicted molar refractivity (Wildman–Crippen MR) is 136 cm³/mol. The number of fused-ring (bicyclic) bond motifs is 6. The number of piperazine rings is 1. The van der Waals surface area contributed by atoms with Gasteiger partial charge in [-0.1, -0.05) is 24.3 Å². The largest absolute Gasteiger partial charge is 0.379 e. The number of pyridine rings is 1. The molecule has 3 atom stereocenters. The van der Waals surface area contributed by atoms with Crippen LogP contribution in [0, 0.1) is 11.3 Å². The molecule has 2 bridgehead atoms.